The smallest absolute Gasteiger partial charge is 0.337 e. The number of carbonyl (C=O) groups is 2. The average molecular weight is 294 g/mol. The molecular weight excluding hydrogens is 282 g/mol. The van der Waals surface area contributed by atoms with Gasteiger partial charge in [-0.3, -0.25) is 10.2 Å². The van der Waals surface area contributed by atoms with Crippen molar-refractivity contribution in [1.29, 1.82) is 0 Å². The van der Waals surface area contributed by atoms with Crippen LogP contribution in [0.5, 0.6) is 0 Å². The second-order valence-corrected chi connectivity index (χ2v) is 4.38. The minimum Gasteiger partial charge on any atom is -0.459 e. The number of hydrogen-bond acceptors (Lipinski definition) is 3. The van der Waals surface area contributed by atoms with E-state index in [0.29, 0.717) is 10.7 Å². The number of rotatable bonds is 2. The first kappa shape index (κ1) is 14.0. The number of furan rings is 1. The lowest BCUT2D eigenvalue weighted by Crippen LogP contribution is -2.43. The summed E-state index contributed by atoms with van der Waals surface area (Å²) >= 11 is 5.94. The molecule has 2 aromatic rings. The lowest BCUT2D eigenvalue weighted by molar-refractivity contribution is 0.0910. The molecule has 0 saturated heterocycles. The van der Waals surface area contributed by atoms with Crippen LogP contribution in [0, 0.1) is 6.92 Å². The lowest BCUT2D eigenvalue weighted by Gasteiger charge is -2.09. The summed E-state index contributed by atoms with van der Waals surface area (Å²) in [6.45, 7) is 1.86. The Kier molecular flexibility index (Phi) is 4.27. The lowest BCUT2D eigenvalue weighted by atomic mass is 10.2. The molecule has 0 spiro atoms. The Labute approximate surface area is 120 Å². The van der Waals surface area contributed by atoms with Crippen LogP contribution in [-0.2, 0) is 0 Å². The highest BCUT2D eigenvalue weighted by Gasteiger charge is 2.09. The number of hydrazine groups is 1. The van der Waals surface area contributed by atoms with Gasteiger partial charge in [-0.15, -0.1) is 0 Å². The molecule has 6 nitrogen and oxygen atoms in total. The molecule has 3 amide bonds. The number of anilines is 1. The van der Waals surface area contributed by atoms with Gasteiger partial charge in [-0.1, -0.05) is 17.7 Å². The number of halogens is 1. The zero-order valence-corrected chi connectivity index (χ0v) is 11.3. The number of nitrogens with one attached hydrogen (secondary N) is 3. The van der Waals surface area contributed by atoms with Gasteiger partial charge in [-0.05, 0) is 36.8 Å². The molecule has 20 heavy (non-hydrogen) atoms. The topological polar surface area (TPSA) is 83.4 Å². The number of carbonyl (C=O) groups excluding carboxylic acids is 2. The van der Waals surface area contributed by atoms with Crippen molar-refractivity contribution >= 4 is 29.2 Å². The zero-order chi connectivity index (χ0) is 14.5. The third-order valence-electron chi connectivity index (χ3n) is 2.46. The van der Waals surface area contributed by atoms with Gasteiger partial charge in [-0.25, -0.2) is 10.2 Å². The Morgan fingerprint density at radius 1 is 1.20 bits per heavy atom. The summed E-state index contributed by atoms with van der Waals surface area (Å²) in [5.74, 6) is -0.448. The van der Waals surface area contributed by atoms with Crippen molar-refractivity contribution in [3.05, 3.63) is 52.9 Å². The maximum atomic E-state index is 11.6. The molecule has 1 heterocycles. The molecule has 0 aliphatic carbocycles. The van der Waals surface area contributed by atoms with Crippen LogP contribution in [0.3, 0.4) is 0 Å². The van der Waals surface area contributed by atoms with Crippen LogP contribution < -0.4 is 16.2 Å². The van der Waals surface area contributed by atoms with Crippen LogP contribution in [0.25, 0.3) is 0 Å². The minimum absolute atomic E-state index is 0.101. The van der Waals surface area contributed by atoms with Crippen molar-refractivity contribution in [3.8, 4) is 0 Å². The van der Waals surface area contributed by atoms with Crippen molar-refractivity contribution in [3.63, 3.8) is 0 Å². The summed E-state index contributed by atoms with van der Waals surface area (Å²) in [5, 5.41) is 3.07. The fraction of sp³-hybridized carbons (Fsp3) is 0.0769. The predicted molar refractivity (Wildman–Crippen MR) is 74.5 cm³/mol. The number of urea groups is 1. The fourth-order valence-electron chi connectivity index (χ4n) is 1.42. The summed E-state index contributed by atoms with van der Waals surface area (Å²) in [6, 6.07) is 7.56. The molecule has 1 aromatic carbocycles. The third-order valence-corrected chi connectivity index (χ3v) is 2.87. The molecule has 0 fully saturated rings. The van der Waals surface area contributed by atoms with E-state index in [1.165, 1.54) is 12.3 Å². The van der Waals surface area contributed by atoms with Crippen LogP contribution >= 0.6 is 11.6 Å². The van der Waals surface area contributed by atoms with Gasteiger partial charge in [-0.2, -0.15) is 0 Å². The zero-order valence-electron chi connectivity index (χ0n) is 10.6. The normalized spacial score (nSPS) is 9.90. The van der Waals surface area contributed by atoms with E-state index in [9.17, 15) is 9.59 Å². The molecule has 2 rings (SSSR count). The predicted octanol–water partition coefficient (Wildman–Crippen LogP) is 2.71. The fourth-order valence-corrected chi connectivity index (χ4v) is 1.60. The van der Waals surface area contributed by atoms with Gasteiger partial charge in [0.2, 0.25) is 0 Å². The monoisotopic (exact) mass is 293 g/mol. The van der Waals surface area contributed by atoms with E-state index in [1.807, 2.05) is 6.92 Å². The summed E-state index contributed by atoms with van der Waals surface area (Å²) in [7, 11) is 0. The Balaban J connectivity index is 1.86. The average Bonchev–Trinajstić information content (AvgIpc) is 2.94. The molecule has 0 unspecified atom stereocenters. The Bertz CT molecular complexity index is 626. The van der Waals surface area contributed by atoms with Crippen LogP contribution in [0.4, 0.5) is 10.5 Å². The summed E-state index contributed by atoms with van der Waals surface area (Å²) in [6.07, 6.45) is 1.36. The molecule has 0 bridgehead atoms. The van der Waals surface area contributed by atoms with Gasteiger partial charge in [0.25, 0.3) is 0 Å². The van der Waals surface area contributed by atoms with Crippen LogP contribution in [0.1, 0.15) is 16.1 Å². The van der Waals surface area contributed by atoms with Gasteiger partial charge >= 0.3 is 11.9 Å². The standard InChI is InChI=1S/C13H12ClN3O3/c1-8-4-5-9(7-10(8)14)15-13(19)17-16-12(18)11-3-2-6-20-11/h2-7H,1H3,(H,16,18)(H2,15,17,19). The second kappa shape index (κ2) is 6.12. The van der Waals surface area contributed by atoms with Crippen molar-refractivity contribution in [2.24, 2.45) is 0 Å². The van der Waals surface area contributed by atoms with E-state index in [-0.39, 0.29) is 5.76 Å². The van der Waals surface area contributed by atoms with Crippen molar-refractivity contribution in [2.75, 3.05) is 5.32 Å². The van der Waals surface area contributed by atoms with Gasteiger partial charge in [0.15, 0.2) is 5.76 Å². The maximum Gasteiger partial charge on any atom is 0.337 e. The minimum atomic E-state index is -0.593. The van der Waals surface area contributed by atoms with E-state index in [1.54, 1.807) is 24.3 Å². The van der Waals surface area contributed by atoms with E-state index in [4.69, 9.17) is 16.0 Å². The Morgan fingerprint density at radius 3 is 2.65 bits per heavy atom. The van der Waals surface area contributed by atoms with E-state index >= 15 is 0 Å². The summed E-state index contributed by atoms with van der Waals surface area (Å²) in [5.41, 5.74) is 5.83. The largest absolute Gasteiger partial charge is 0.459 e. The van der Waals surface area contributed by atoms with Crippen molar-refractivity contribution in [1.82, 2.24) is 10.9 Å². The molecular formula is C13H12ClN3O3. The first-order valence-electron chi connectivity index (χ1n) is 5.73. The first-order valence-corrected chi connectivity index (χ1v) is 6.11. The third kappa shape index (κ3) is 3.52. The van der Waals surface area contributed by atoms with E-state index < -0.39 is 11.9 Å². The summed E-state index contributed by atoms with van der Waals surface area (Å²) in [4.78, 5) is 23.1. The highest BCUT2D eigenvalue weighted by molar-refractivity contribution is 6.31. The van der Waals surface area contributed by atoms with Crippen LogP contribution in [-0.4, -0.2) is 11.9 Å². The number of amides is 3. The van der Waals surface area contributed by atoms with Crippen molar-refractivity contribution < 1.29 is 14.0 Å². The van der Waals surface area contributed by atoms with E-state index in [0.717, 1.165) is 5.56 Å². The molecule has 104 valence electrons. The molecule has 7 heteroatoms. The van der Waals surface area contributed by atoms with Gasteiger partial charge < -0.3 is 9.73 Å². The van der Waals surface area contributed by atoms with Crippen LogP contribution in [0.2, 0.25) is 5.02 Å². The number of aryl methyl sites for hydroxylation is 1. The van der Waals surface area contributed by atoms with Gasteiger partial charge in [0.1, 0.15) is 0 Å². The van der Waals surface area contributed by atoms with Gasteiger partial charge in [0, 0.05) is 10.7 Å². The van der Waals surface area contributed by atoms with Crippen molar-refractivity contribution in [2.45, 2.75) is 6.92 Å². The highest BCUT2D eigenvalue weighted by Crippen LogP contribution is 2.19. The summed E-state index contributed by atoms with van der Waals surface area (Å²) < 4.78 is 4.87. The molecule has 0 aliphatic rings. The number of benzene rings is 1. The molecule has 1 aromatic heterocycles. The second-order valence-electron chi connectivity index (χ2n) is 3.97. The SMILES string of the molecule is Cc1ccc(NC(=O)NNC(=O)c2ccco2)cc1Cl. The Morgan fingerprint density at radius 2 is 2.00 bits per heavy atom. The molecule has 0 radical (unpaired) electrons. The quantitative estimate of drug-likeness (QED) is 0.744. The molecule has 0 aliphatic heterocycles. The first-order chi connectivity index (χ1) is 9.56. The number of hydrogen-bond donors (Lipinski definition) is 3. The highest BCUT2D eigenvalue weighted by atomic mass is 35.5. The van der Waals surface area contributed by atoms with Crippen LogP contribution in [0.15, 0.2) is 41.0 Å². The maximum absolute atomic E-state index is 11.6. The van der Waals surface area contributed by atoms with Gasteiger partial charge in [0.05, 0.1) is 6.26 Å². The molecule has 0 saturated carbocycles. The molecule has 0 atom stereocenters. The van der Waals surface area contributed by atoms with E-state index in [2.05, 4.69) is 16.2 Å². The Hall–Kier alpha value is -2.47. The molecule has 3 N–H and O–H groups in total.